The van der Waals surface area contributed by atoms with E-state index in [2.05, 4.69) is 5.32 Å². The molecule has 0 radical (unpaired) electrons. The van der Waals surface area contributed by atoms with Crippen LogP contribution in [0.15, 0.2) is 0 Å². The van der Waals surface area contributed by atoms with Crippen molar-refractivity contribution in [2.45, 2.75) is 45.7 Å². The van der Waals surface area contributed by atoms with E-state index < -0.39 is 28.3 Å². The van der Waals surface area contributed by atoms with E-state index in [1.165, 1.54) is 18.7 Å². The molecule has 2 unspecified atom stereocenters. The zero-order chi connectivity index (χ0) is 15.2. The molecule has 0 bridgehead atoms. The molecular weight excluding hydrogens is 268 g/mol. The van der Waals surface area contributed by atoms with E-state index in [1.807, 2.05) is 6.92 Å². The Balaban J connectivity index is 4.61. The predicted molar refractivity (Wildman–Crippen MR) is 75.6 cm³/mol. The van der Waals surface area contributed by atoms with E-state index in [0.29, 0.717) is 18.7 Å². The van der Waals surface area contributed by atoms with Gasteiger partial charge in [0.15, 0.2) is 0 Å². The third-order valence-electron chi connectivity index (χ3n) is 2.97. The minimum absolute atomic E-state index is 0.143. The molecular formula is C12H24N2O4S. The highest BCUT2D eigenvalue weighted by atomic mass is 32.2. The largest absolute Gasteiger partial charge is 0.480 e. The van der Waals surface area contributed by atoms with Crippen LogP contribution < -0.4 is 5.32 Å². The van der Waals surface area contributed by atoms with Gasteiger partial charge in [-0.25, -0.2) is 9.59 Å². The number of nitrogens with zero attached hydrogens (tertiary/aromatic N) is 1. The molecule has 0 saturated heterocycles. The summed E-state index contributed by atoms with van der Waals surface area (Å²) in [6.45, 7) is 6.83. The van der Waals surface area contributed by atoms with E-state index in [9.17, 15) is 13.8 Å². The van der Waals surface area contributed by atoms with Crippen molar-refractivity contribution < 1.29 is 18.9 Å². The van der Waals surface area contributed by atoms with Gasteiger partial charge in [0.1, 0.15) is 5.54 Å². The number of carboxylic acid groups (broad SMARTS) is 1. The molecule has 0 aliphatic rings. The van der Waals surface area contributed by atoms with Gasteiger partial charge in [-0.2, -0.15) is 0 Å². The van der Waals surface area contributed by atoms with Crippen molar-refractivity contribution in [1.82, 2.24) is 10.2 Å². The second-order valence-corrected chi connectivity index (χ2v) is 6.58. The summed E-state index contributed by atoms with van der Waals surface area (Å²) in [4.78, 5) is 24.5. The molecule has 0 aliphatic carbocycles. The van der Waals surface area contributed by atoms with Gasteiger partial charge in [0.05, 0.1) is 0 Å². The van der Waals surface area contributed by atoms with Gasteiger partial charge >= 0.3 is 12.0 Å². The van der Waals surface area contributed by atoms with Crippen LogP contribution >= 0.6 is 0 Å². The summed E-state index contributed by atoms with van der Waals surface area (Å²) < 4.78 is 11.0. The van der Waals surface area contributed by atoms with Gasteiger partial charge < -0.3 is 15.3 Å². The first-order chi connectivity index (χ1) is 8.62. The van der Waals surface area contributed by atoms with Crippen molar-refractivity contribution in [3.05, 3.63) is 0 Å². The molecule has 0 spiro atoms. The highest BCUT2D eigenvalue weighted by Crippen LogP contribution is 2.14. The van der Waals surface area contributed by atoms with Crippen LogP contribution in [0.3, 0.4) is 0 Å². The fraction of sp³-hybridized carbons (Fsp3) is 0.833. The second-order valence-electron chi connectivity index (χ2n) is 5.02. The zero-order valence-corrected chi connectivity index (χ0v) is 13.0. The van der Waals surface area contributed by atoms with Crippen molar-refractivity contribution >= 4 is 22.8 Å². The van der Waals surface area contributed by atoms with Crippen LogP contribution in [-0.2, 0) is 15.6 Å². The summed E-state index contributed by atoms with van der Waals surface area (Å²) in [5.41, 5.74) is -1.26. The third kappa shape index (κ3) is 5.59. The van der Waals surface area contributed by atoms with Gasteiger partial charge in [0.2, 0.25) is 0 Å². The molecule has 7 heteroatoms. The number of amides is 2. The average Bonchev–Trinajstić information content (AvgIpc) is 2.26. The number of carbonyl (C=O) groups is 2. The molecule has 0 aromatic rings. The molecule has 0 aromatic carbocycles. The smallest absolute Gasteiger partial charge is 0.329 e. The molecule has 0 saturated carbocycles. The van der Waals surface area contributed by atoms with E-state index in [0.717, 1.165) is 0 Å². The van der Waals surface area contributed by atoms with Gasteiger partial charge in [0.25, 0.3) is 0 Å². The molecule has 2 amide bonds. The summed E-state index contributed by atoms with van der Waals surface area (Å²) in [6, 6.07) is -0.556. The summed E-state index contributed by atoms with van der Waals surface area (Å²) in [7, 11) is -0.897. The SMILES string of the molecule is CCN(C(=O)NC(C)CCS(C)=O)C(C)(C)C(=O)O. The number of hydrogen-bond acceptors (Lipinski definition) is 3. The molecule has 0 rings (SSSR count). The fourth-order valence-corrected chi connectivity index (χ4v) is 2.30. The van der Waals surface area contributed by atoms with Crippen molar-refractivity contribution in [3.63, 3.8) is 0 Å². The number of likely N-dealkylation sites (N-methyl/N-ethyl adjacent to an activating group) is 1. The van der Waals surface area contributed by atoms with E-state index in [1.54, 1.807) is 13.2 Å². The summed E-state index contributed by atoms with van der Waals surface area (Å²) >= 11 is 0. The quantitative estimate of drug-likeness (QED) is 0.734. The van der Waals surface area contributed by atoms with Crippen LogP contribution in [0.2, 0.25) is 0 Å². The summed E-state index contributed by atoms with van der Waals surface area (Å²) in [5.74, 6) is -0.539. The maximum atomic E-state index is 12.1. The predicted octanol–water partition coefficient (Wildman–Crippen LogP) is 1.04. The Kier molecular flexibility index (Phi) is 7.04. The molecule has 2 N–H and O–H groups in total. The van der Waals surface area contributed by atoms with Crippen LogP contribution in [-0.4, -0.2) is 56.3 Å². The van der Waals surface area contributed by atoms with Crippen molar-refractivity contribution in [2.75, 3.05) is 18.6 Å². The summed E-state index contributed by atoms with van der Waals surface area (Å²) in [6.07, 6.45) is 2.21. The number of carboxylic acids is 1. The normalized spacial score (nSPS) is 14.6. The van der Waals surface area contributed by atoms with Gasteiger partial charge in [-0.1, -0.05) is 0 Å². The Morgan fingerprint density at radius 2 is 1.95 bits per heavy atom. The molecule has 2 atom stereocenters. The molecule has 0 heterocycles. The number of carbonyl (C=O) groups excluding carboxylic acids is 1. The van der Waals surface area contributed by atoms with Gasteiger partial charge in [0, 0.05) is 35.4 Å². The van der Waals surface area contributed by atoms with Gasteiger partial charge in [-0.15, -0.1) is 0 Å². The first kappa shape index (κ1) is 17.9. The molecule has 112 valence electrons. The monoisotopic (exact) mass is 292 g/mol. The minimum atomic E-state index is -1.26. The lowest BCUT2D eigenvalue weighted by atomic mass is 10.0. The molecule has 0 fully saturated rings. The Hall–Kier alpha value is -1.11. The number of hydrogen-bond donors (Lipinski definition) is 2. The van der Waals surface area contributed by atoms with Crippen molar-refractivity contribution in [2.24, 2.45) is 0 Å². The van der Waals surface area contributed by atoms with Crippen LogP contribution in [0, 0.1) is 0 Å². The maximum absolute atomic E-state index is 12.1. The Labute approximate surface area is 117 Å². The number of aliphatic carboxylic acids is 1. The first-order valence-corrected chi connectivity index (χ1v) is 7.97. The molecule has 19 heavy (non-hydrogen) atoms. The summed E-state index contributed by atoms with van der Waals surface area (Å²) in [5, 5.41) is 11.9. The van der Waals surface area contributed by atoms with Crippen LogP contribution in [0.1, 0.15) is 34.1 Å². The second kappa shape index (κ2) is 7.47. The highest BCUT2D eigenvalue weighted by molar-refractivity contribution is 7.84. The highest BCUT2D eigenvalue weighted by Gasteiger charge is 2.37. The maximum Gasteiger partial charge on any atom is 0.329 e. The fourth-order valence-electron chi connectivity index (χ4n) is 1.61. The molecule has 0 aliphatic heterocycles. The van der Waals surface area contributed by atoms with E-state index in [4.69, 9.17) is 5.11 Å². The molecule has 6 nitrogen and oxygen atoms in total. The Morgan fingerprint density at radius 1 is 1.42 bits per heavy atom. The lowest BCUT2D eigenvalue weighted by molar-refractivity contribution is -0.147. The molecule has 0 aromatic heterocycles. The lowest BCUT2D eigenvalue weighted by Crippen LogP contribution is -2.57. The standard InChI is InChI=1S/C12H24N2O4S/c1-6-14(12(3,4)10(15)16)11(17)13-9(2)7-8-19(5)18/h9H,6-8H2,1-5H3,(H,13,17)(H,15,16). The van der Waals surface area contributed by atoms with Crippen LogP contribution in [0.25, 0.3) is 0 Å². The van der Waals surface area contributed by atoms with E-state index >= 15 is 0 Å². The van der Waals surface area contributed by atoms with Gasteiger partial charge in [-0.05, 0) is 34.1 Å². The number of nitrogens with one attached hydrogen (secondary N) is 1. The van der Waals surface area contributed by atoms with Crippen molar-refractivity contribution in [3.8, 4) is 0 Å². The van der Waals surface area contributed by atoms with Crippen LogP contribution in [0.4, 0.5) is 4.79 Å². The minimum Gasteiger partial charge on any atom is -0.480 e. The van der Waals surface area contributed by atoms with Crippen LogP contribution in [0.5, 0.6) is 0 Å². The number of urea groups is 1. The topological polar surface area (TPSA) is 86.7 Å². The Morgan fingerprint density at radius 3 is 2.32 bits per heavy atom. The number of rotatable bonds is 7. The average molecular weight is 292 g/mol. The first-order valence-electron chi connectivity index (χ1n) is 6.24. The third-order valence-corrected chi connectivity index (χ3v) is 3.78. The van der Waals surface area contributed by atoms with Gasteiger partial charge in [-0.3, -0.25) is 4.21 Å². The Bertz CT molecular complexity index is 358. The van der Waals surface area contributed by atoms with E-state index in [-0.39, 0.29) is 6.04 Å². The zero-order valence-electron chi connectivity index (χ0n) is 12.2. The van der Waals surface area contributed by atoms with Crippen molar-refractivity contribution in [1.29, 1.82) is 0 Å². The lowest BCUT2D eigenvalue weighted by Gasteiger charge is -2.35.